The van der Waals surface area contributed by atoms with E-state index >= 15 is 0 Å². The molecule has 0 saturated heterocycles. The second kappa shape index (κ2) is 6.02. The molecule has 0 aromatic carbocycles. The maximum atomic E-state index is 10.00. The number of hydrogen-bond donors (Lipinski definition) is 1. The zero-order chi connectivity index (χ0) is 12.2. The summed E-state index contributed by atoms with van der Waals surface area (Å²) in [6, 6.07) is 0.530. The summed E-state index contributed by atoms with van der Waals surface area (Å²) in [4.78, 5) is 2.20. The average molecular weight is 227 g/mol. The molecule has 2 atom stereocenters. The minimum atomic E-state index is -0.274. The SMILES string of the molecule is CCC(O)N(C)C1CCCCCCC1(C)C. The molecule has 0 aromatic rings. The number of aliphatic hydroxyl groups is 1. The number of hydrogen-bond acceptors (Lipinski definition) is 2. The van der Waals surface area contributed by atoms with Gasteiger partial charge in [-0.3, -0.25) is 4.90 Å². The average Bonchev–Trinajstić information content (AvgIpc) is 2.23. The van der Waals surface area contributed by atoms with Gasteiger partial charge in [0.1, 0.15) is 6.23 Å². The highest BCUT2D eigenvalue weighted by molar-refractivity contribution is 4.87. The summed E-state index contributed by atoms with van der Waals surface area (Å²) in [7, 11) is 2.09. The van der Waals surface area contributed by atoms with Gasteiger partial charge in [-0.1, -0.05) is 46.5 Å². The molecular formula is C14H29NO. The molecule has 1 N–H and O–H groups in total. The van der Waals surface area contributed by atoms with Crippen molar-refractivity contribution < 1.29 is 5.11 Å². The van der Waals surface area contributed by atoms with Crippen LogP contribution < -0.4 is 0 Å². The molecule has 2 heteroatoms. The van der Waals surface area contributed by atoms with Gasteiger partial charge >= 0.3 is 0 Å². The first-order valence-corrected chi connectivity index (χ1v) is 6.89. The summed E-state index contributed by atoms with van der Waals surface area (Å²) in [5.74, 6) is 0. The lowest BCUT2D eigenvalue weighted by Gasteiger charge is -2.43. The summed E-state index contributed by atoms with van der Waals surface area (Å²) in [6.45, 7) is 6.78. The molecule has 0 bridgehead atoms. The van der Waals surface area contributed by atoms with E-state index in [4.69, 9.17) is 0 Å². The van der Waals surface area contributed by atoms with E-state index in [0.717, 1.165) is 6.42 Å². The van der Waals surface area contributed by atoms with Gasteiger partial charge in [0.2, 0.25) is 0 Å². The Kier molecular flexibility index (Phi) is 5.26. The van der Waals surface area contributed by atoms with Crippen LogP contribution >= 0.6 is 0 Å². The summed E-state index contributed by atoms with van der Waals surface area (Å²) >= 11 is 0. The summed E-state index contributed by atoms with van der Waals surface area (Å²) in [5.41, 5.74) is 0.339. The normalized spacial score (nSPS) is 28.5. The lowest BCUT2D eigenvalue weighted by atomic mass is 9.75. The Balaban J connectivity index is 2.71. The predicted molar refractivity (Wildman–Crippen MR) is 69.3 cm³/mol. The van der Waals surface area contributed by atoms with Gasteiger partial charge in [0.15, 0.2) is 0 Å². The lowest BCUT2D eigenvalue weighted by Crippen LogP contribution is -2.48. The molecule has 1 saturated carbocycles. The third kappa shape index (κ3) is 3.46. The molecule has 16 heavy (non-hydrogen) atoms. The van der Waals surface area contributed by atoms with Crippen LogP contribution in [0.3, 0.4) is 0 Å². The molecule has 0 amide bonds. The Morgan fingerprint density at radius 2 is 1.88 bits per heavy atom. The first-order chi connectivity index (χ1) is 7.49. The smallest absolute Gasteiger partial charge is 0.107 e. The molecule has 2 nitrogen and oxygen atoms in total. The van der Waals surface area contributed by atoms with Crippen molar-refractivity contribution in [2.24, 2.45) is 5.41 Å². The fourth-order valence-corrected chi connectivity index (χ4v) is 3.08. The third-order valence-electron chi connectivity index (χ3n) is 4.28. The van der Waals surface area contributed by atoms with Gasteiger partial charge in [0.05, 0.1) is 0 Å². The monoisotopic (exact) mass is 227 g/mol. The molecular weight excluding hydrogens is 198 g/mol. The van der Waals surface area contributed by atoms with Crippen molar-refractivity contribution in [2.45, 2.75) is 78.0 Å². The largest absolute Gasteiger partial charge is 0.378 e. The first kappa shape index (κ1) is 14.0. The molecule has 0 spiro atoms. The van der Waals surface area contributed by atoms with E-state index in [1.165, 1.54) is 38.5 Å². The van der Waals surface area contributed by atoms with Gasteiger partial charge in [0.25, 0.3) is 0 Å². The van der Waals surface area contributed by atoms with Gasteiger partial charge in [-0.25, -0.2) is 0 Å². The Bertz CT molecular complexity index is 203. The highest BCUT2D eigenvalue weighted by Gasteiger charge is 2.34. The number of nitrogens with zero attached hydrogens (tertiary/aromatic N) is 1. The molecule has 1 aliphatic rings. The van der Waals surface area contributed by atoms with E-state index in [-0.39, 0.29) is 6.23 Å². The third-order valence-corrected chi connectivity index (χ3v) is 4.28. The van der Waals surface area contributed by atoms with Crippen LogP contribution in [0, 0.1) is 5.41 Å². The summed E-state index contributed by atoms with van der Waals surface area (Å²) in [5, 5.41) is 10.00. The predicted octanol–water partition coefficient (Wildman–Crippen LogP) is 3.40. The molecule has 0 radical (unpaired) electrons. The second-order valence-corrected chi connectivity index (χ2v) is 6.01. The van der Waals surface area contributed by atoms with E-state index < -0.39 is 0 Å². The van der Waals surface area contributed by atoms with E-state index in [1.54, 1.807) is 0 Å². The van der Waals surface area contributed by atoms with E-state index in [9.17, 15) is 5.11 Å². The van der Waals surface area contributed by atoms with Crippen LogP contribution in [0.5, 0.6) is 0 Å². The van der Waals surface area contributed by atoms with Crippen LogP contribution in [0.15, 0.2) is 0 Å². The fourth-order valence-electron chi connectivity index (χ4n) is 3.08. The van der Waals surface area contributed by atoms with Crippen LogP contribution in [0.25, 0.3) is 0 Å². The van der Waals surface area contributed by atoms with E-state index in [2.05, 4.69) is 32.7 Å². The Morgan fingerprint density at radius 3 is 2.50 bits per heavy atom. The maximum Gasteiger partial charge on any atom is 0.107 e. The number of rotatable bonds is 3. The van der Waals surface area contributed by atoms with Gasteiger partial charge in [-0.05, 0) is 31.7 Å². The highest BCUT2D eigenvalue weighted by atomic mass is 16.3. The molecule has 0 aromatic heterocycles. The minimum Gasteiger partial charge on any atom is -0.378 e. The number of aliphatic hydroxyl groups excluding tert-OH is 1. The van der Waals surface area contributed by atoms with Crippen molar-refractivity contribution in [3.8, 4) is 0 Å². The van der Waals surface area contributed by atoms with Crippen molar-refractivity contribution in [2.75, 3.05) is 7.05 Å². The lowest BCUT2D eigenvalue weighted by molar-refractivity contribution is -0.0500. The van der Waals surface area contributed by atoms with Crippen LogP contribution in [0.1, 0.15) is 65.7 Å². The van der Waals surface area contributed by atoms with E-state index in [1.807, 2.05) is 0 Å². The Morgan fingerprint density at radius 1 is 1.25 bits per heavy atom. The molecule has 1 rings (SSSR count). The molecule has 0 heterocycles. The van der Waals surface area contributed by atoms with Crippen molar-refractivity contribution in [1.29, 1.82) is 0 Å². The molecule has 2 unspecified atom stereocenters. The molecule has 1 fully saturated rings. The van der Waals surface area contributed by atoms with Crippen LogP contribution in [0.4, 0.5) is 0 Å². The van der Waals surface area contributed by atoms with Gasteiger partial charge in [0, 0.05) is 6.04 Å². The molecule has 1 aliphatic carbocycles. The topological polar surface area (TPSA) is 23.5 Å². The zero-order valence-corrected chi connectivity index (χ0v) is 11.5. The fraction of sp³-hybridized carbons (Fsp3) is 1.00. The van der Waals surface area contributed by atoms with Crippen LogP contribution in [-0.4, -0.2) is 29.3 Å². The van der Waals surface area contributed by atoms with Crippen molar-refractivity contribution in [1.82, 2.24) is 4.90 Å². The summed E-state index contributed by atoms with van der Waals surface area (Å²) < 4.78 is 0. The quantitative estimate of drug-likeness (QED) is 0.747. The summed E-state index contributed by atoms with van der Waals surface area (Å²) in [6.07, 6.45) is 8.48. The van der Waals surface area contributed by atoms with Crippen LogP contribution in [0.2, 0.25) is 0 Å². The van der Waals surface area contributed by atoms with Gasteiger partial charge < -0.3 is 5.11 Å². The van der Waals surface area contributed by atoms with Crippen molar-refractivity contribution >= 4 is 0 Å². The van der Waals surface area contributed by atoms with E-state index in [0.29, 0.717) is 11.5 Å². The molecule has 0 aliphatic heterocycles. The van der Waals surface area contributed by atoms with Crippen LogP contribution in [-0.2, 0) is 0 Å². The second-order valence-electron chi connectivity index (χ2n) is 6.01. The first-order valence-electron chi connectivity index (χ1n) is 6.89. The minimum absolute atomic E-state index is 0.274. The standard InChI is InChI=1S/C14H29NO/c1-5-13(16)15(4)12-10-8-6-7-9-11-14(12,2)3/h12-13,16H,5-11H2,1-4H3. The molecule has 96 valence electrons. The van der Waals surface area contributed by atoms with Gasteiger partial charge in [-0.2, -0.15) is 0 Å². The highest BCUT2D eigenvalue weighted by Crippen LogP contribution is 2.36. The Hall–Kier alpha value is -0.0800. The zero-order valence-electron chi connectivity index (χ0n) is 11.5. The Labute approximate surface area is 101 Å². The van der Waals surface area contributed by atoms with Gasteiger partial charge in [-0.15, -0.1) is 0 Å². The van der Waals surface area contributed by atoms with Crippen molar-refractivity contribution in [3.63, 3.8) is 0 Å². The maximum absolute atomic E-state index is 10.00. The van der Waals surface area contributed by atoms with Crippen molar-refractivity contribution in [3.05, 3.63) is 0 Å².